The fourth-order valence-electron chi connectivity index (χ4n) is 10.4. The molecule has 2 aromatic rings. The summed E-state index contributed by atoms with van der Waals surface area (Å²) in [5.41, 5.74) is 6.35. The van der Waals surface area contributed by atoms with E-state index in [4.69, 9.17) is 4.52 Å². The number of hydrogen-bond donors (Lipinski definition) is 2. The Labute approximate surface area is 355 Å². The normalized spacial score (nSPS) is 15.4. The molecule has 0 atom stereocenters. The molecule has 1 aliphatic rings. The van der Waals surface area contributed by atoms with Crippen molar-refractivity contribution in [2.24, 2.45) is 5.41 Å². The molecule has 3 nitrogen and oxygen atoms in total. The second-order valence-electron chi connectivity index (χ2n) is 21.1. The lowest BCUT2D eigenvalue weighted by Gasteiger charge is -2.58. The Bertz CT molecular complexity index is 1390. The average molecular weight is 807 g/mol. The summed E-state index contributed by atoms with van der Waals surface area (Å²) < 4.78 is 7.22. The van der Waals surface area contributed by atoms with E-state index in [0.29, 0.717) is 0 Å². The predicted octanol–water partition coefficient (Wildman–Crippen LogP) is 17.0. The van der Waals surface area contributed by atoms with Crippen LogP contribution < -0.4 is 0 Å². The quantitative estimate of drug-likeness (QED) is 0.0665. The Kier molecular flexibility index (Phi) is 19.4. The van der Waals surface area contributed by atoms with E-state index in [-0.39, 0.29) is 27.1 Å². The van der Waals surface area contributed by atoms with Gasteiger partial charge in [0, 0.05) is 5.41 Å². The maximum atomic E-state index is 11.5. The number of unbranched alkanes of at least 4 members (excludes halogenated alkanes) is 9. The molecular formula is C53H91O3P. The van der Waals surface area contributed by atoms with Gasteiger partial charge in [-0.3, -0.25) is 4.52 Å². The van der Waals surface area contributed by atoms with Crippen molar-refractivity contribution in [1.29, 1.82) is 0 Å². The van der Waals surface area contributed by atoms with Gasteiger partial charge in [-0.15, -0.1) is 0 Å². The van der Waals surface area contributed by atoms with Gasteiger partial charge in [-0.1, -0.05) is 223 Å². The summed E-state index contributed by atoms with van der Waals surface area (Å²) >= 11 is 0. The third-order valence-corrected chi connectivity index (χ3v) is 15.2. The molecule has 0 aliphatic heterocycles. The maximum absolute atomic E-state index is 11.5. The van der Waals surface area contributed by atoms with Gasteiger partial charge in [0.1, 0.15) is 5.60 Å². The van der Waals surface area contributed by atoms with Crippen LogP contribution in [0.25, 0.3) is 0 Å². The highest BCUT2D eigenvalue weighted by molar-refractivity contribution is 7.39. The topological polar surface area (TPSA) is 49.7 Å². The smallest absolute Gasteiger partial charge is 0.328 e. The fraction of sp³-hybridized carbons (Fsp3) is 0.774. The molecule has 0 unspecified atom stereocenters. The lowest BCUT2D eigenvalue weighted by molar-refractivity contribution is -0.0996. The first-order valence-electron chi connectivity index (χ1n) is 24.0. The Hall–Kier alpha value is -1.25. The van der Waals surface area contributed by atoms with E-state index in [1.54, 1.807) is 0 Å². The van der Waals surface area contributed by atoms with E-state index in [9.17, 15) is 9.79 Å². The maximum Gasteiger partial charge on any atom is 0.328 e. The van der Waals surface area contributed by atoms with E-state index < -0.39 is 14.2 Å². The van der Waals surface area contributed by atoms with E-state index in [0.717, 1.165) is 64.2 Å². The Balaban J connectivity index is 2.60. The molecule has 3 rings (SSSR count). The Morgan fingerprint density at radius 2 is 0.842 bits per heavy atom. The molecule has 0 heterocycles. The lowest BCUT2D eigenvalue weighted by atomic mass is 9.50. The van der Waals surface area contributed by atoms with Gasteiger partial charge >= 0.3 is 8.60 Å². The third kappa shape index (κ3) is 12.2. The number of benzene rings is 2. The molecule has 0 saturated heterocycles. The van der Waals surface area contributed by atoms with Crippen molar-refractivity contribution in [1.82, 2.24) is 0 Å². The van der Waals surface area contributed by atoms with Crippen LogP contribution in [0.2, 0.25) is 0 Å². The summed E-state index contributed by atoms with van der Waals surface area (Å²) in [6, 6.07) is 14.8. The van der Waals surface area contributed by atoms with Crippen LogP contribution in [0.4, 0.5) is 0 Å². The summed E-state index contributed by atoms with van der Waals surface area (Å²) in [4.78, 5) is 22.9. The van der Waals surface area contributed by atoms with Gasteiger partial charge in [-0.05, 0) is 100.0 Å². The molecule has 1 fully saturated rings. The summed E-state index contributed by atoms with van der Waals surface area (Å²) in [7, 11) is -2.69. The molecule has 2 aromatic carbocycles. The zero-order chi connectivity index (χ0) is 42.5. The highest BCUT2D eigenvalue weighted by Crippen LogP contribution is 2.66. The van der Waals surface area contributed by atoms with Crippen LogP contribution in [-0.4, -0.2) is 9.79 Å². The first kappa shape index (κ1) is 50.1. The van der Waals surface area contributed by atoms with Crippen LogP contribution in [0.15, 0.2) is 36.4 Å². The largest absolute Gasteiger partial charge is 0.328 e. The van der Waals surface area contributed by atoms with Crippen molar-refractivity contribution in [3.8, 4) is 0 Å². The fourth-order valence-corrected chi connectivity index (χ4v) is 11.1. The van der Waals surface area contributed by atoms with Crippen LogP contribution in [0, 0.1) is 5.41 Å². The molecule has 0 radical (unpaired) electrons. The van der Waals surface area contributed by atoms with Crippen molar-refractivity contribution in [2.75, 3.05) is 0 Å². The van der Waals surface area contributed by atoms with E-state index in [1.165, 1.54) is 110 Å². The first-order valence-corrected chi connectivity index (χ1v) is 25.2. The second kappa shape index (κ2) is 22.0. The van der Waals surface area contributed by atoms with Crippen molar-refractivity contribution in [3.63, 3.8) is 0 Å². The van der Waals surface area contributed by atoms with E-state index in [2.05, 4.69) is 126 Å². The molecule has 0 amide bonds. The van der Waals surface area contributed by atoms with Gasteiger partial charge in [0.25, 0.3) is 0 Å². The zero-order valence-corrected chi connectivity index (χ0v) is 40.7. The summed E-state index contributed by atoms with van der Waals surface area (Å²) in [5.74, 6) is 0. The highest BCUT2D eigenvalue weighted by Gasteiger charge is 2.61. The molecule has 1 saturated carbocycles. The van der Waals surface area contributed by atoms with Gasteiger partial charge in [0.05, 0.1) is 0 Å². The van der Waals surface area contributed by atoms with Crippen LogP contribution in [0.3, 0.4) is 0 Å². The average Bonchev–Trinajstić information content (AvgIpc) is 3.13. The minimum atomic E-state index is -2.69. The molecule has 0 bridgehead atoms. The lowest BCUT2D eigenvalue weighted by Crippen LogP contribution is -2.54. The first-order chi connectivity index (χ1) is 26.8. The van der Waals surface area contributed by atoms with Gasteiger partial charge in [0.2, 0.25) is 0 Å². The second-order valence-corrected chi connectivity index (χ2v) is 21.8. The van der Waals surface area contributed by atoms with Crippen LogP contribution >= 0.6 is 8.60 Å². The molecular weight excluding hydrogens is 716 g/mol. The molecule has 57 heavy (non-hydrogen) atoms. The van der Waals surface area contributed by atoms with Gasteiger partial charge < -0.3 is 9.79 Å². The van der Waals surface area contributed by atoms with Gasteiger partial charge in [0.15, 0.2) is 0 Å². The van der Waals surface area contributed by atoms with Gasteiger partial charge in [-0.2, -0.15) is 0 Å². The monoisotopic (exact) mass is 807 g/mol. The zero-order valence-electron chi connectivity index (χ0n) is 39.8. The standard InChI is InChI=1S/C53H91O3P/c1-14-19-24-33-48(6,7)42-29-31-44(46(40-42)50(10,11)35-26-21-16-3)53(56-57(54)55,52(37-23-18-5)38-28-39-52)45-32-30-43(49(8,9)34-25-20-15-2)41-47(45)51(12,13)36-27-22-17-4/h29-32,40-41,54-55H,14-28,33-39H2,1-13H3. The van der Waals surface area contributed by atoms with Crippen molar-refractivity contribution in [2.45, 2.75) is 259 Å². The number of rotatable bonds is 28. The molecule has 326 valence electrons. The third-order valence-electron chi connectivity index (χ3n) is 14.7. The van der Waals surface area contributed by atoms with Crippen LogP contribution in [-0.2, 0) is 31.8 Å². The molecule has 1 aliphatic carbocycles. The van der Waals surface area contributed by atoms with Crippen molar-refractivity contribution in [3.05, 3.63) is 69.8 Å². The molecule has 0 spiro atoms. The van der Waals surface area contributed by atoms with E-state index >= 15 is 0 Å². The van der Waals surface area contributed by atoms with Crippen molar-refractivity contribution < 1.29 is 14.3 Å². The molecule has 2 N–H and O–H groups in total. The Morgan fingerprint density at radius 1 is 0.491 bits per heavy atom. The SMILES string of the molecule is CCCCCC(C)(C)c1ccc(C(OP(O)O)(c2ccc(C(C)(C)CCCCC)cc2C(C)(C)CCCCC)C2(CCCC)CCC2)c(C(C)(C)CCCCC)c1. The highest BCUT2D eigenvalue weighted by atomic mass is 31.2. The molecule has 0 aromatic heterocycles. The summed E-state index contributed by atoms with van der Waals surface area (Å²) in [6.07, 6.45) is 25.4. The number of hydrogen-bond acceptors (Lipinski definition) is 3. The summed E-state index contributed by atoms with van der Waals surface area (Å²) in [5, 5.41) is 0. The van der Waals surface area contributed by atoms with Gasteiger partial charge in [-0.25, -0.2) is 0 Å². The minimum absolute atomic E-state index is 0.0276. The van der Waals surface area contributed by atoms with Crippen LogP contribution in [0.1, 0.15) is 265 Å². The van der Waals surface area contributed by atoms with E-state index in [1.807, 2.05) is 0 Å². The van der Waals surface area contributed by atoms with Crippen LogP contribution in [0.5, 0.6) is 0 Å². The predicted molar refractivity (Wildman–Crippen MR) is 251 cm³/mol. The summed E-state index contributed by atoms with van der Waals surface area (Å²) in [6.45, 7) is 31.0. The Morgan fingerprint density at radius 3 is 1.14 bits per heavy atom. The minimum Gasteiger partial charge on any atom is -0.328 e. The molecule has 4 heteroatoms. The van der Waals surface area contributed by atoms with Crippen molar-refractivity contribution >= 4 is 8.60 Å².